The molecule has 0 bridgehead atoms. The Labute approximate surface area is 426 Å². The second kappa shape index (κ2) is 57.2. The highest BCUT2D eigenvalue weighted by Gasteiger charge is 2.19. The first-order valence-electron chi connectivity index (χ1n) is 29.1. The molecule has 0 aliphatic heterocycles. The number of allylic oxidation sites excluding steroid dienone is 14. The number of hydrogen-bond donors (Lipinski definition) is 0. The second-order valence-electron chi connectivity index (χ2n) is 19.2. The van der Waals surface area contributed by atoms with Crippen molar-refractivity contribution >= 4 is 17.9 Å². The molecule has 0 heterocycles. The molecule has 69 heavy (non-hydrogen) atoms. The molecular formula is C63H108O6. The quantitative estimate of drug-likeness (QED) is 0.0199. The minimum Gasteiger partial charge on any atom is -0.462 e. The number of esters is 3. The summed E-state index contributed by atoms with van der Waals surface area (Å²) >= 11 is 0. The Hall–Kier alpha value is -3.41. The summed E-state index contributed by atoms with van der Waals surface area (Å²) in [5, 5.41) is 0. The SMILES string of the molecule is CC/C=C\C/C=C\C/C=C\C/C=C\CCCCCC(=O)OCC(COC(=O)CCCCCCC/C=C\C=C/CCCCCCCCC)OC(=O)CCCCCCCCC/C=C\CCCCCCCC. The maximum Gasteiger partial charge on any atom is 0.306 e. The van der Waals surface area contributed by atoms with Crippen LogP contribution in [-0.4, -0.2) is 37.2 Å². The van der Waals surface area contributed by atoms with Crippen LogP contribution in [0.5, 0.6) is 0 Å². The fourth-order valence-corrected chi connectivity index (χ4v) is 8.01. The standard InChI is InChI=1S/C63H108O6/c1-4-7-10-13-16-19-22-25-28-31-33-35-38-41-44-47-50-53-56-62(65)68-59-60(58-67-61(64)55-52-49-46-43-40-37-34-30-27-24-21-18-15-12-9-6-3)69-63(66)57-54-51-48-45-42-39-36-32-29-26-23-20-17-14-11-8-5-2/h9,12,18,21,26-31,33,35,37,40,60H,4-8,10-11,13-17,19-20,22-25,32,34,36,38-39,41-59H2,1-3H3/b12-9-,21-18-,29-26-,30-27-,31-28-,35-33-,40-37-. The molecule has 0 fully saturated rings. The van der Waals surface area contributed by atoms with Crippen LogP contribution in [0.25, 0.3) is 0 Å². The average Bonchev–Trinajstić information content (AvgIpc) is 3.35. The fourth-order valence-electron chi connectivity index (χ4n) is 8.01. The Bertz CT molecular complexity index is 1330. The molecule has 0 aliphatic rings. The largest absolute Gasteiger partial charge is 0.462 e. The van der Waals surface area contributed by atoms with Gasteiger partial charge in [0.05, 0.1) is 0 Å². The average molecular weight is 962 g/mol. The van der Waals surface area contributed by atoms with E-state index in [4.69, 9.17) is 14.2 Å². The van der Waals surface area contributed by atoms with Crippen LogP contribution in [0.15, 0.2) is 85.1 Å². The van der Waals surface area contributed by atoms with Crippen molar-refractivity contribution in [2.45, 2.75) is 284 Å². The number of carbonyl (C=O) groups is 3. The summed E-state index contributed by atoms with van der Waals surface area (Å²) in [4.78, 5) is 38.2. The van der Waals surface area contributed by atoms with Gasteiger partial charge in [0.1, 0.15) is 13.2 Å². The van der Waals surface area contributed by atoms with Crippen LogP contribution in [0, 0.1) is 0 Å². The van der Waals surface area contributed by atoms with Gasteiger partial charge in [-0.05, 0) is 109 Å². The highest BCUT2D eigenvalue weighted by atomic mass is 16.6. The highest BCUT2D eigenvalue weighted by molar-refractivity contribution is 5.71. The molecule has 0 rings (SSSR count). The minimum absolute atomic E-state index is 0.0964. The van der Waals surface area contributed by atoms with Gasteiger partial charge in [-0.3, -0.25) is 14.4 Å². The Morgan fingerprint density at radius 2 is 0.609 bits per heavy atom. The molecule has 0 saturated heterocycles. The maximum atomic E-state index is 12.9. The summed E-state index contributed by atoms with van der Waals surface area (Å²) in [5.41, 5.74) is 0. The summed E-state index contributed by atoms with van der Waals surface area (Å²) in [6, 6.07) is 0. The lowest BCUT2D eigenvalue weighted by Crippen LogP contribution is -2.30. The minimum atomic E-state index is -0.799. The van der Waals surface area contributed by atoms with Crippen LogP contribution in [-0.2, 0) is 28.6 Å². The predicted molar refractivity (Wildman–Crippen MR) is 297 cm³/mol. The van der Waals surface area contributed by atoms with Gasteiger partial charge in [0, 0.05) is 19.3 Å². The van der Waals surface area contributed by atoms with E-state index >= 15 is 0 Å². The van der Waals surface area contributed by atoms with Crippen LogP contribution in [0.4, 0.5) is 0 Å². The van der Waals surface area contributed by atoms with Gasteiger partial charge in [-0.2, -0.15) is 0 Å². The monoisotopic (exact) mass is 961 g/mol. The normalized spacial score (nSPS) is 12.7. The predicted octanol–water partition coefficient (Wildman–Crippen LogP) is 19.5. The van der Waals surface area contributed by atoms with E-state index in [1.165, 1.54) is 128 Å². The second-order valence-corrected chi connectivity index (χ2v) is 19.2. The molecule has 1 unspecified atom stereocenters. The molecular weight excluding hydrogens is 853 g/mol. The van der Waals surface area contributed by atoms with Gasteiger partial charge in [-0.25, -0.2) is 0 Å². The van der Waals surface area contributed by atoms with E-state index < -0.39 is 6.10 Å². The van der Waals surface area contributed by atoms with Gasteiger partial charge in [-0.15, -0.1) is 0 Å². The lowest BCUT2D eigenvalue weighted by molar-refractivity contribution is -0.167. The van der Waals surface area contributed by atoms with Crippen molar-refractivity contribution in [2.75, 3.05) is 13.2 Å². The molecule has 6 nitrogen and oxygen atoms in total. The van der Waals surface area contributed by atoms with E-state index in [1.54, 1.807) is 0 Å². The van der Waals surface area contributed by atoms with Gasteiger partial charge in [0.25, 0.3) is 0 Å². The Balaban J connectivity index is 4.46. The van der Waals surface area contributed by atoms with E-state index in [-0.39, 0.29) is 31.1 Å². The highest BCUT2D eigenvalue weighted by Crippen LogP contribution is 2.14. The van der Waals surface area contributed by atoms with Crippen molar-refractivity contribution in [1.29, 1.82) is 0 Å². The van der Waals surface area contributed by atoms with E-state index in [0.29, 0.717) is 19.3 Å². The summed E-state index contributed by atoms with van der Waals surface area (Å²) in [6.07, 6.45) is 74.3. The molecule has 6 heteroatoms. The molecule has 0 aromatic heterocycles. The van der Waals surface area contributed by atoms with Crippen LogP contribution >= 0.6 is 0 Å². The third-order valence-electron chi connectivity index (χ3n) is 12.4. The molecule has 0 aromatic carbocycles. The fraction of sp³-hybridized carbons (Fsp3) is 0.730. The molecule has 0 radical (unpaired) electrons. The topological polar surface area (TPSA) is 78.9 Å². The van der Waals surface area contributed by atoms with Crippen molar-refractivity contribution in [3.8, 4) is 0 Å². The van der Waals surface area contributed by atoms with Crippen LogP contribution in [0.2, 0.25) is 0 Å². The van der Waals surface area contributed by atoms with E-state index in [9.17, 15) is 14.4 Å². The van der Waals surface area contributed by atoms with Gasteiger partial charge >= 0.3 is 17.9 Å². The first kappa shape index (κ1) is 65.6. The van der Waals surface area contributed by atoms with Crippen LogP contribution in [0.1, 0.15) is 278 Å². The summed E-state index contributed by atoms with van der Waals surface area (Å²) < 4.78 is 16.8. The number of hydrogen-bond acceptors (Lipinski definition) is 6. The molecule has 1 atom stereocenters. The number of rotatable bonds is 52. The molecule has 0 spiro atoms. The molecule has 0 saturated carbocycles. The number of unbranched alkanes of at least 4 members (excludes halogenated alkanes) is 28. The third-order valence-corrected chi connectivity index (χ3v) is 12.4. The van der Waals surface area contributed by atoms with Crippen molar-refractivity contribution in [1.82, 2.24) is 0 Å². The summed E-state index contributed by atoms with van der Waals surface area (Å²) in [7, 11) is 0. The van der Waals surface area contributed by atoms with Crippen LogP contribution < -0.4 is 0 Å². The first-order chi connectivity index (χ1) is 34.0. The van der Waals surface area contributed by atoms with Crippen molar-refractivity contribution in [2.24, 2.45) is 0 Å². The molecule has 396 valence electrons. The number of ether oxygens (including phenoxy) is 3. The van der Waals surface area contributed by atoms with Crippen LogP contribution in [0.3, 0.4) is 0 Å². The van der Waals surface area contributed by atoms with Gasteiger partial charge in [0.2, 0.25) is 0 Å². The van der Waals surface area contributed by atoms with E-state index in [1.807, 2.05) is 0 Å². The molecule has 0 aliphatic carbocycles. The number of carbonyl (C=O) groups excluding carboxylic acids is 3. The summed E-state index contributed by atoms with van der Waals surface area (Å²) in [6.45, 7) is 6.49. The van der Waals surface area contributed by atoms with Crippen molar-refractivity contribution in [3.05, 3.63) is 85.1 Å². The third kappa shape index (κ3) is 55.4. The zero-order chi connectivity index (χ0) is 50.0. The van der Waals surface area contributed by atoms with E-state index in [2.05, 4.69) is 106 Å². The Morgan fingerprint density at radius 3 is 1.00 bits per heavy atom. The first-order valence-corrected chi connectivity index (χ1v) is 29.1. The molecule has 0 amide bonds. The van der Waals surface area contributed by atoms with E-state index in [0.717, 1.165) is 109 Å². The zero-order valence-electron chi connectivity index (χ0n) is 45.3. The zero-order valence-corrected chi connectivity index (χ0v) is 45.3. The van der Waals surface area contributed by atoms with Crippen molar-refractivity contribution < 1.29 is 28.6 Å². The maximum absolute atomic E-state index is 12.9. The van der Waals surface area contributed by atoms with Crippen molar-refractivity contribution in [3.63, 3.8) is 0 Å². The molecule has 0 N–H and O–H groups in total. The smallest absolute Gasteiger partial charge is 0.306 e. The van der Waals surface area contributed by atoms with Gasteiger partial charge < -0.3 is 14.2 Å². The summed E-state index contributed by atoms with van der Waals surface area (Å²) in [5.74, 6) is -0.940. The Morgan fingerprint density at radius 1 is 0.319 bits per heavy atom. The lowest BCUT2D eigenvalue weighted by Gasteiger charge is -2.18. The molecule has 0 aromatic rings. The Kier molecular flexibility index (Phi) is 54.3. The lowest BCUT2D eigenvalue weighted by atomic mass is 10.1. The van der Waals surface area contributed by atoms with Gasteiger partial charge in [-0.1, -0.05) is 234 Å². The van der Waals surface area contributed by atoms with Gasteiger partial charge in [0.15, 0.2) is 6.10 Å².